The minimum absolute atomic E-state index is 0.217. The number of likely N-dealkylation sites (N-methyl/N-ethyl adjacent to an activating group) is 1. The molecule has 3 rings (SSSR count). The van der Waals surface area contributed by atoms with Gasteiger partial charge >= 0.3 is 0 Å². The summed E-state index contributed by atoms with van der Waals surface area (Å²) in [5, 5.41) is 3.23. The number of hydrogen-bond donors (Lipinski definition) is 1. The molecule has 0 bridgehead atoms. The fourth-order valence-corrected chi connectivity index (χ4v) is 3.94. The van der Waals surface area contributed by atoms with Crippen LogP contribution in [0.25, 0.3) is 11.7 Å². The zero-order valence-electron chi connectivity index (χ0n) is 16.0. The molecule has 1 saturated heterocycles. The molecule has 1 aliphatic heterocycles. The van der Waals surface area contributed by atoms with Crippen molar-refractivity contribution in [2.45, 2.75) is 20.3 Å². The van der Waals surface area contributed by atoms with Gasteiger partial charge in [-0.15, -0.1) is 0 Å². The molecule has 0 unspecified atom stereocenters. The Morgan fingerprint density at radius 1 is 1.39 bits per heavy atom. The monoisotopic (exact) mass is 418 g/mol. The van der Waals surface area contributed by atoms with Gasteiger partial charge in [-0.2, -0.15) is 0 Å². The lowest BCUT2D eigenvalue weighted by atomic mass is 10.2. The number of amides is 1. The lowest BCUT2D eigenvalue weighted by Gasteiger charge is -2.12. The Hall–Kier alpha value is -2.23. The third-order valence-corrected chi connectivity index (χ3v) is 5.79. The lowest BCUT2D eigenvalue weighted by Crippen LogP contribution is -2.23. The molecule has 9 heteroatoms. The number of aromatic nitrogens is 2. The van der Waals surface area contributed by atoms with Crippen molar-refractivity contribution in [2.75, 3.05) is 32.1 Å². The highest BCUT2D eigenvalue weighted by Gasteiger charge is 2.29. The van der Waals surface area contributed by atoms with E-state index in [4.69, 9.17) is 17.0 Å². The molecule has 28 heavy (non-hydrogen) atoms. The quantitative estimate of drug-likeness (QED) is 0.421. The summed E-state index contributed by atoms with van der Waals surface area (Å²) in [4.78, 5) is 32.0. The summed E-state index contributed by atoms with van der Waals surface area (Å²) in [5.41, 5.74) is 1.58. The van der Waals surface area contributed by atoms with E-state index >= 15 is 0 Å². The van der Waals surface area contributed by atoms with Gasteiger partial charge in [0, 0.05) is 33.0 Å². The summed E-state index contributed by atoms with van der Waals surface area (Å²) in [5.74, 6) is 0.239. The van der Waals surface area contributed by atoms with E-state index in [0.717, 1.165) is 12.0 Å². The molecule has 7 nitrogen and oxygen atoms in total. The Bertz CT molecular complexity index is 1020. The second-order valence-electron chi connectivity index (χ2n) is 6.28. The van der Waals surface area contributed by atoms with Crippen molar-refractivity contribution >= 4 is 51.7 Å². The number of fused-ring (bicyclic) bond motifs is 1. The maximum Gasteiger partial charge on any atom is 0.267 e. The van der Waals surface area contributed by atoms with E-state index in [1.54, 1.807) is 25.4 Å². The Morgan fingerprint density at radius 2 is 2.18 bits per heavy atom. The lowest BCUT2D eigenvalue weighted by molar-refractivity contribution is -0.121. The van der Waals surface area contributed by atoms with E-state index in [2.05, 4.69) is 10.3 Å². The first-order chi connectivity index (χ1) is 13.4. The van der Waals surface area contributed by atoms with Gasteiger partial charge in [0.05, 0.1) is 10.5 Å². The van der Waals surface area contributed by atoms with E-state index in [1.165, 1.54) is 21.1 Å². The number of rotatable bonds is 7. The number of thioether (sulfide) groups is 1. The second kappa shape index (κ2) is 8.85. The molecule has 0 aliphatic carbocycles. The maximum absolute atomic E-state index is 13.1. The van der Waals surface area contributed by atoms with E-state index in [1.807, 2.05) is 19.9 Å². The van der Waals surface area contributed by atoms with Crippen LogP contribution in [0.1, 0.15) is 24.5 Å². The van der Waals surface area contributed by atoms with E-state index in [-0.39, 0.29) is 11.5 Å². The zero-order valence-corrected chi connectivity index (χ0v) is 17.7. The molecular formula is C19H22N4O3S2. The Kier molecular flexibility index (Phi) is 6.48. The molecule has 0 atom stereocenters. The number of nitrogens with one attached hydrogen (secondary N) is 1. The van der Waals surface area contributed by atoms with Gasteiger partial charge in [-0.1, -0.05) is 30.0 Å². The number of ether oxygens (including phenoxy) is 1. The number of thiocarbonyl (C=S) groups is 1. The summed E-state index contributed by atoms with van der Waals surface area (Å²) in [6.45, 7) is 5.74. The third kappa shape index (κ3) is 4.11. The summed E-state index contributed by atoms with van der Waals surface area (Å²) in [6.07, 6.45) is 4.04. The number of anilines is 1. The predicted octanol–water partition coefficient (Wildman–Crippen LogP) is 2.67. The van der Waals surface area contributed by atoms with Crippen molar-refractivity contribution < 1.29 is 9.53 Å². The van der Waals surface area contributed by atoms with Crippen LogP contribution in [0.2, 0.25) is 0 Å². The largest absolute Gasteiger partial charge is 0.382 e. The highest BCUT2D eigenvalue weighted by atomic mass is 32.2. The van der Waals surface area contributed by atoms with Crippen molar-refractivity contribution in [1.82, 2.24) is 14.3 Å². The Morgan fingerprint density at radius 3 is 2.86 bits per heavy atom. The van der Waals surface area contributed by atoms with Gasteiger partial charge in [-0.3, -0.25) is 18.9 Å². The van der Waals surface area contributed by atoms with Crippen LogP contribution in [0.15, 0.2) is 28.0 Å². The first kappa shape index (κ1) is 20.5. The average molecular weight is 419 g/mol. The van der Waals surface area contributed by atoms with Crippen molar-refractivity contribution in [1.29, 1.82) is 0 Å². The van der Waals surface area contributed by atoms with Crippen LogP contribution in [0.3, 0.4) is 0 Å². The Labute approximate surface area is 172 Å². The van der Waals surface area contributed by atoms with Crippen LogP contribution in [0.4, 0.5) is 5.82 Å². The second-order valence-corrected chi connectivity index (χ2v) is 7.96. The molecule has 1 aliphatic rings. The summed E-state index contributed by atoms with van der Waals surface area (Å²) >= 11 is 6.36. The number of hydrogen-bond acceptors (Lipinski definition) is 7. The predicted molar refractivity (Wildman–Crippen MR) is 117 cm³/mol. The minimum Gasteiger partial charge on any atom is -0.382 e. The summed E-state index contributed by atoms with van der Waals surface area (Å²) < 4.78 is 7.32. The van der Waals surface area contributed by atoms with Gasteiger partial charge in [0.1, 0.15) is 15.8 Å². The smallest absolute Gasteiger partial charge is 0.267 e. The molecule has 1 amide bonds. The van der Waals surface area contributed by atoms with Crippen LogP contribution in [0.5, 0.6) is 0 Å². The first-order valence-electron chi connectivity index (χ1n) is 8.99. The van der Waals surface area contributed by atoms with Crippen molar-refractivity contribution in [3.05, 3.63) is 44.7 Å². The van der Waals surface area contributed by atoms with Gasteiger partial charge < -0.3 is 10.1 Å². The molecule has 148 valence electrons. The topological polar surface area (TPSA) is 75.9 Å². The molecular weight excluding hydrogens is 396 g/mol. The molecule has 1 N–H and O–H groups in total. The summed E-state index contributed by atoms with van der Waals surface area (Å²) in [7, 11) is 1.63. The average Bonchev–Trinajstić information content (AvgIpc) is 2.92. The van der Waals surface area contributed by atoms with E-state index in [0.29, 0.717) is 46.0 Å². The summed E-state index contributed by atoms with van der Waals surface area (Å²) in [6, 6.07) is 3.71. The van der Waals surface area contributed by atoms with Gasteiger partial charge in [-0.25, -0.2) is 4.98 Å². The third-order valence-electron chi connectivity index (χ3n) is 4.31. The van der Waals surface area contributed by atoms with Crippen molar-refractivity contribution in [3.63, 3.8) is 0 Å². The maximum atomic E-state index is 13.1. The molecule has 0 radical (unpaired) electrons. The van der Waals surface area contributed by atoms with Crippen LogP contribution in [0, 0.1) is 6.92 Å². The minimum atomic E-state index is -0.234. The van der Waals surface area contributed by atoms with Gasteiger partial charge in [0.15, 0.2) is 0 Å². The highest BCUT2D eigenvalue weighted by Crippen LogP contribution is 2.31. The number of carbonyl (C=O) groups is 1. The number of carbonyl (C=O) groups excluding carboxylic acids is 1. The number of nitrogens with zero attached hydrogens (tertiary/aromatic N) is 3. The molecule has 2 aromatic heterocycles. The fraction of sp³-hybridized carbons (Fsp3) is 0.368. The van der Waals surface area contributed by atoms with Crippen LogP contribution in [-0.2, 0) is 9.53 Å². The van der Waals surface area contributed by atoms with Crippen LogP contribution < -0.4 is 10.9 Å². The molecule has 0 spiro atoms. The molecule has 0 aromatic carbocycles. The van der Waals surface area contributed by atoms with Gasteiger partial charge in [-0.05, 0) is 38.0 Å². The van der Waals surface area contributed by atoms with Crippen molar-refractivity contribution in [3.8, 4) is 0 Å². The number of aryl methyl sites for hydroxylation is 1. The first-order valence-corrected chi connectivity index (χ1v) is 10.2. The SMILES string of the molecule is CCOCCCNc1nc2c(C)cccn2c(=O)c1/C=C1/SC(=S)N(C)C1=O. The van der Waals surface area contributed by atoms with E-state index in [9.17, 15) is 9.59 Å². The van der Waals surface area contributed by atoms with Gasteiger partial charge in [0.2, 0.25) is 0 Å². The Balaban J connectivity index is 2.04. The number of pyridine rings is 1. The fourth-order valence-electron chi connectivity index (χ4n) is 2.78. The molecule has 2 aromatic rings. The molecule has 1 fully saturated rings. The zero-order chi connectivity index (χ0) is 20.3. The van der Waals surface area contributed by atoms with E-state index < -0.39 is 0 Å². The molecule has 0 saturated carbocycles. The van der Waals surface area contributed by atoms with Gasteiger partial charge in [0.25, 0.3) is 11.5 Å². The van der Waals surface area contributed by atoms with Crippen LogP contribution >= 0.6 is 24.0 Å². The van der Waals surface area contributed by atoms with Crippen LogP contribution in [-0.4, -0.2) is 51.3 Å². The standard InChI is InChI=1S/C19H22N4O3S2/c1-4-26-10-6-8-20-15-13(11-14-18(25)22(3)19(27)28-14)17(24)23-9-5-7-12(2)16(23)21-15/h5,7,9,11,20H,4,6,8,10H2,1-3H3/b14-11+. The highest BCUT2D eigenvalue weighted by molar-refractivity contribution is 8.26. The normalized spacial score (nSPS) is 15.8. The molecule has 3 heterocycles. The van der Waals surface area contributed by atoms with Crippen molar-refractivity contribution in [2.24, 2.45) is 0 Å².